The minimum Gasteiger partial charge on any atom is -0.497 e. The van der Waals surface area contributed by atoms with E-state index in [9.17, 15) is 0 Å². The monoisotopic (exact) mass is 196 g/mol. The van der Waals surface area contributed by atoms with E-state index in [1.54, 1.807) is 7.11 Å². The topological polar surface area (TPSA) is 38.7 Å². The summed E-state index contributed by atoms with van der Waals surface area (Å²) < 4.78 is 10.5. The van der Waals surface area contributed by atoms with Gasteiger partial charge < -0.3 is 14.6 Å². The molecule has 0 aliphatic heterocycles. The first-order chi connectivity index (χ1) is 6.69. The molecule has 0 unspecified atom stereocenters. The minimum atomic E-state index is 0.0326. The molecule has 0 saturated heterocycles. The molecule has 0 fully saturated rings. The van der Waals surface area contributed by atoms with Crippen LogP contribution in [0.1, 0.15) is 11.1 Å². The number of methoxy groups -OCH3 is 1. The normalized spacial score (nSPS) is 10.0. The summed E-state index contributed by atoms with van der Waals surface area (Å²) in [7, 11) is 1.64. The zero-order valence-electron chi connectivity index (χ0n) is 8.83. The third-order valence-electron chi connectivity index (χ3n) is 2.01. The van der Waals surface area contributed by atoms with Crippen LogP contribution < -0.4 is 9.47 Å². The van der Waals surface area contributed by atoms with Crippen molar-refractivity contribution in [1.29, 1.82) is 0 Å². The summed E-state index contributed by atoms with van der Waals surface area (Å²) in [4.78, 5) is 0. The Labute approximate surface area is 84.3 Å². The summed E-state index contributed by atoms with van der Waals surface area (Å²) in [5.74, 6) is 1.66. The van der Waals surface area contributed by atoms with Gasteiger partial charge in [0.2, 0.25) is 0 Å². The first-order valence-electron chi connectivity index (χ1n) is 4.58. The lowest BCUT2D eigenvalue weighted by Crippen LogP contribution is -2.04. The van der Waals surface area contributed by atoms with Gasteiger partial charge in [0, 0.05) is 0 Å². The molecule has 0 heterocycles. The van der Waals surface area contributed by atoms with Crippen LogP contribution >= 0.6 is 0 Å². The average molecular weight is 196 g/mol. The van der Waals surface area contributed by atoms with E-state index in [4.69, 9.17) is 14.6 Å². The van der Waals surface area contributed by atoms with Crippen LogP contribution in [-0.2, 0) is 0 Å². The van der Waals surface area contributed by atoms with Gasteiger partial charge in [-0.15, -0.1) is 0 Å². The lowest BCUT2D eigenvalue weighted by molar-refractivity contribution is 0.200. The van der Waals surface area contributed by atoms with Crippen LogP contribution in [0.4, 0.5) is 0 Å². The van der Waals surface area contributed by atoms with Crippen molar-refractivity contribution in [2.45, 2.75) is 13.8 Å². The molecule has 0 saturated carbocycles. The molecule has 3 heteroatoms. The second-order valence-electron chi connectivity index (χ2n) is 3.16. The number of aryl methyl sites for hydroxylation is 2. The third-order valence-corrected chi connectivity index (χ3v) is 2.01. The van der Waals surface area contributed by atoms with Gasteiger partial charge in [0.15, 0.2) is 0 Å². The maximum Gasteiger partial charge on any atom is 0.125 e. The van der Waals surface area contributed by atoms with Crippen molar-refractivity contribution in [1.82, 2.24) is 0 Å². The molecule has 0 radical (unpaired) electrons. The van der Waals surface area contributed by atoms with Gasteiger partial charge in [-0.2, -0.15) is 0 Å². The molecule has 3 nitrogen and oxygen atoms in total. The van der Waals surface area contributed by atoms with Gasteiger partial charge in [0.25, 0.3) is 0 Å². The Morgan fingerprint density at radius 3 is 2.21 bits per heavy atom. The van der Waals surface area contributed by atoms with Crippen molar-refractivity contribution in [3.8, 4) is 11.5 Å². The summed E-state index contributed by atoms with van der Waals surface area (Å²) >= 11 is 0. The van der Waals surface area contributed by atoms with Crippen molar-refractivity contribution >= 4 is 0 Å². The van der Waals surface area contributed by atoms with E-state index in [0.29, 0.717) is 6.61 Å². The molecule has 1 aromatic rings. The molecule has 0 spiro atoms. The fourth-order valence-corrected chi connectivity index (χ4v) is 1.40. The molecule has 0 aliphatic carbocycles. The Hall–Kier alpha value is -1.22. The summed E-state index contributed by atoms with van der Waals surface area (Å²) in [6, 6.07) is 3.83. The smallest absolute Gasteiger partial charge is 0.125 e. The molecule has 1 aromatic carbocycles. The van der Waals surface area contributed by atoms with Crippen molar-refractivity contribution in [2.75, 3.05) is 20.3 Å². The molecule has 0 aliphatic rings. The van der Waals surface area contributed by atoms with Crippen LogP contribution in [0.3, 0.4) is 0 Å². The van der Waals surface area contributed by atoms with Gasteiger partial charge in [-0.1, -0.05) is 0 Å². The highest BCUT2D eigenvalue weighted by atomic mass is 16.5. The molecule has 0 atom stereocenters. The lowest BCUT2D eigenvalue weighted by Gasteiger charge is -2.12. The van der Waals surface area contributed by atoms with Crippen LogP contribution in [0.15, 0.2) is 12.1 Å². The second-order valence-corrected chi connectivity index (χ2v) is 3.16. The molecular formula is C11H16O3. The fraction of sp³-hybridized carbons (Fsp3) is 0.455. The SMILES string of the molecule is COc1cc(C)c(OCCO)c(C)c1. The summed E-state index contributed by atoms with van der Waals surface area (Å²) in [5.41, 5.74) is 2.05. The third kappa shape index (κ3) is 2.39. The van der Waals surface area contributed by atoms with E-state index in [-0.39, 0.29) is 6.61 Å². The Bertz CT molecular complexity index is 284. The number of aliphatic hydroxyl groups is 1. The molecule has 0 bridgehead atoms. The van der Waals surface area contributed by atoms with Crippen molar-refractivity contribution in [2.24, 2.45) is 0 Å². The number of hydrogen-bond donors (Lipinski definition) is 1. The van der Waals surface area contributed by atoms with E-state index in [1.165, 1.54) is 0 Å². The summed E-state index contributed by atoms with van der Waals surface area (Å²) in [5, 5.41) is 8.66. The van der Waals surface area contributed by atoms with Gasteiger partial charge >= 0.3 is 0 Å². The maximum atomic E-state index is 8.66. The molecule has 1 N–H and O–H groups in total. The second kappa shape index (κ2) is 4.86. The van der Waals surface area contributed by atoms with E-state index in [1.807, 2.05) is 26.0 Å². The summed E-state index contributed by atoms with van der Waals surface area (Å²) in [6.07, 6.45) is 0. The highest BCUT2D eigenvalue weighted by Crippen LogP contribution is 2.27. The van der Waals surface area contributed by atoms with E-state index in [2.05, 4.69) is 0 Å². The molecule has 0 amide bonds. The number of rotatable bonds is 4. The standard InChI is InChI=1S/C11H16O3/c1-8-6-10(13-3)7-9(2)11(8)14-5-4-12/h6-7,12H,4-5H2,1-3H3. The van der Waals surface area contributed by atoms with E-state index < -0.39 is 0 Å². The minimum absolute atomic E-state index is 0.0326. The van der Waals surface area contributed by atoms with Gasteiger partial charge in [-0.25, -0.2) is 0 Å². The molecular weight excluding hydrogens is 180 g/mol. The van der Waals surface area contributed by atoms with Crippen molar-refractivity contribution in [3.05, 3.63) is 23.3 Å². The predicted octanol–water partition coefficient (Wildman–Crippen LogP) is 1.68. The van der Waals surface area contributed by atoms with Crippen LogP contribution in [0.2, 0.25) is 0 Å². The van der Waals surface area contributed by atoms with Gasteiger partial charge in [-0.05, 0) is 37.1 Å². The molecule has 78 valence electrons. The first-order valence-corrected chi connectivity index (χ1v) is 4.58. The highest BCUT2D eigenvalue weighted by Gasteiger charge is 2.06. The van der Waals surface area contributed by atoms with Crippen LogP contribution in [0.5, 0.6) is 11.5 Å². The lowest BCUT2D eigenvalue weighted by atomic mass is 10.1. The molecule has 1 rings (SSSR count). The largest absolute Gasteiger partial charge is 0.497 e. The number of benzene rings is 1. The molecule has 0 aromatic heterocycles. The zero-order valence-corrected chi connectivity index (χ0v) is 8.83. The van der Waals surface area contributed by atoms with Crippen LogP contribution in [0.25, 0.3) is 0 Å². The number of ether oxygens (including phenoxy) is 2. The fourth-order valence-electron chi connectivity index (χ4n) is 1.40. The maximum absolute atomic E-state index is 8.66. The van der Waals surface area contributed by atoms with Gasteiger partial charge in [0.05, 0.1) is 13.7 Å². The van der Waals surface area contributed by atoms with Gasteiger partial charge in [-0.3, -0.25) is 0 Å². The van der Waals surface area contributed by atoms with Crippen molar-refractivity contribution < 1.29 is 14.6 Å². The predicted molar refractivity (Wildman–Crippen MR) is 55.0 cm³/mol. The number of hydrogen-bond acceptors (Lipinski definition) is 3. The quantitative estimate of drug-likeness (QED) is 0.796. The average Bonchev–Trinajstić information content (AvgIpc) is 2.16. The Kier molecular flexibility index (Phi) is 3.77. The van der Waals surface area contributed by atoms with E-state index in [0.717, 1.165) is 22.6 Å². The first kappa shape index (κ1) is 10.9. The van der Waals surface area contributed by atoms with E-state index >= 15 is 0 Å². The molecule has 14 heavy (non-hydrogen) atoms. The highest BCUT2D eigenvalue weighted by molar-refractivity contribution is 5.45. The summed E-state index contributed by atoms with van der Waals surface area (Å²) in [6.45, 7) is 4.28. The number of aliphatic hydroxyl groups excluding tert-OH is 1. The van der Waals surface area contributed by atoms with Crippen LogP contribution in [0, 0.1) is 13.8 Å². The van der Waals surface area contributed by atoms with Gasteiger partial charge in [0.1, 0.15) is 18.1 Å². The Morgan fingerprint density at radius 1 is 1.21 bits per heavy atom. The van der Waals surface area contributed by atoms with Crippen molar-refractivity contribution in [3.63, 3.8) is 0 Å². The van der Waals surface area contributed by atoms with Crippen LogP contribution in [-0.4, -0.2) is 25.4 Å². The Balaban J connectivity index is 2.93. The zero-order chi connectivity index (χ0) is 10.6. The Morgan fingerprint density at radius 2 is 1.79 bits per heavy atom.